The van der Waals surface area contributed by atoms with E-state index in [9.17, 15) is 0 Å². The van der Waals surface area contributed by atoms with Gasteiger partial charge in [0.05, 0.1) is 0 Å². The van der Waals surface area contributed by atoms with Crippen LogP contribution in [0.15, 0.2) is 0 Å². The first kappa shape index (κ1) is 17.2. The molecular formula is C18H36N2O. The van der Waals surface area contributed by atoms with Gasteiger partial charge in [-0.3, -0.25) is 4.90 Å². The van der Waals surface area contributed by atoms with E-state index in [1.165, 1.54) is 77.4 Å². The zero-order valence-electron chi connectivity index (χ0n) is 14.1. The molecule has 0 spiro atoms. The van der Waals surface area contributed by atoms with E-state index in [0.29, 0.717) is 12.0 Å². The second-order valence-electron chi connectivity index (χ2n) is 7.33. The van der Waals surface area contributed by atoms with E-state index in [1.54, 1.807) is 0 Å². The molecule has 1 unspecified atom stereocenters. The van der Waals surface area contributed by atoms with Crippen molar-refractivity contribution < 1.29 is 5.11 Å². The van der Waals surface area contributed by atoms with Crippen molar-refractivity contribution >= 4 is 0 Å². The number of likely N-dealkylation sites (tertiary alicyclic amines) is 1. The van der Waals surface area contributed by atoms with Gasteiger partial charge in [-0.15, -0.1) is 0 Å². The molecule has 0 bridgehead atoms. The summed E-state index contributed by atoms with van der Waals surface area (Å²) in [7, 11) is 0. The van der Waals surface area contributed by atoms with Gasteiger partial charge in [-0.25, -0.2) is 0 Å². The molecule has 0 aromatic heterocycles. The molecule has 1 heterocycles. The minimum Gasteiger partial charge on any atom is -0.396 e. The van der Waals surface area contributed by atoms with Crippen molar-refractivity contribution in [3.05, 3.63) is 0 Å². The van der Waals surface area contributed by atoms with E-state index >= 15 is 0 Å². The van der Waals surface area contributed by atoms with Gasteiger partial charge in [0.2, 0.25) is 0 Å². The summed E-state index contributed by atoms with van der Waals surface area (Å²) in [5.74, 6) is 0. The van der Waals surface area contributed by atoms with E-state index in [2.05, 4.69) is 17.1 Å². The Morgan fingerprint density at radius 2 is 1.90 bits per heavy atom. The van der Waals surface area contributed by atoms with E-state index < -0.39 is 0 Å². The van der Waals surface area contributed by atoms with Crippen molar-refractivity contribution in [3.63, 3.8) is 0 Å². The van der Waals surface area contributed by atoms with Crippen molar-refractivity contribution in [2.24, 2.45) is 5.41 Å². The predicted molar refractivity (Wildman–Crippen MR) is 89.6 cm³/mol. The van der Waals surface area contributed by atoms with Crippen LogP contribution in [0.25, 0.3) is 0 Å². The van der Waals surface area contributed by atoms with Crippen LogP contribution >= 0.6 is 0 Å². The highest BCUT2D eigenvalue weighted by Gasteiger charge is 2.35. The van der Waals surface area contributed by atoms with Crippen molar-refractivity contribution in [2.45, 2.75) is 77.2 Å². The summed E-state index contributed by atoms with van der Waals surface area (Å²) in [5, 5.41) is 12.8. The third-order valence-corrected chi connectivity index (χ3v) is 5.65. The van der Waals surface area contributed by atoms with Crippen molar-refractivity contribution in [1.82, 2.24) is 10.2 Å². The van der Waals surface area contributed by atoms with Gasteiger partial charge in [-0.1, -0.05) is 32.6 Å². The van der Waals surface area contributed by atoms with Crippen LogP contribution < -0.4 is 5.32 Å². The molecule has 1 atom stereocenters. The Balaban J connectivity index is 1.95. The Hall–Kier alpha value is -0.120. The van der Waals surface area contributed by atoms with Crippen LogP contribution in [0.2, 0.25) is 0 Å². The van der Waals surface area contributed by atoms with Crippen LogP contribution in [0.3, 0.4) is 0 Å². The van der Waals surface area contributed by atoms with E-state index in [4.69, 9.17) is 5.11 Å². The maximum atomic E-state index is 9.11. The average Bonchev–Trinajstić information content (AvgIpc) is 2.79. The van der Waals surface area contributed by atoms with E-state index in [0.717, 1.165) is 19.0 Å². The molecule has 0 aromatic rings. The van der Waals surface area contributed by atoms with Gasteiger partial charge in [0.15, 0.2) is 0 Å². The number of hydrogen-bond acceptors (Lipinski definition) is 3. The molecule has 0 radical (unpaired) electrons. The molecular weight excluding hydrogens is 260 g/mol. The Labute approximate surface area is 131 Å². The first-order valence-corrected chi connectivity index (χ1v) is 9.35. The summed E-state index contributed by atoms with van der Waals surface area (Å²) in [6, 6.07) is 0.735. The number of aliphatic hydroxyl groups excluding tert-OH is 1. The molecule has 1 aliphatic heterocycles. The van der Waals surface area contributed by atoms with Gasteiger partial charge < -0.3 is 10.4 Å². The first-order chi connectivity index (χ1) is 10.3. The fraction of sp³-hybridized carbons (Fsp3) is 1.00. The maximum absolute atomic E-state index is 9.11. The standard InChI is InChI=1S/C18H36N2O/c1-2-19-15-18(11-5-3-4-6-12-18)16-20-13-7-9-17(20)10-8-14-21/h17,19,21H,2-16H2,1H3. The third-order valence-electron chi connectivity index (χ3n) is 5.65. The topological polar surface area (TPSA) is 35.5 Å². The molecule has 1 saturated heterocycles. The molecule has 3 nitrogen and oxygen atoms in total. The summed E-state index contributed by atoms with van der Waals surface area (Å²) >= 11 is 0. The molecule has 0 aromatic carbocycles. The predicted octanol–water partition coefficient (Wildman–Crippen LogP) is 3.17. The second-order valence-corrected chi connectivity index (χ2v) is 7.33. The molecule has 2 N–H and O–H groups in total. The first-order valence-electron chi connectivity index (χ1n) is 9.35. The van der Waals surface area contributed by atoms with Crippen molar-refractivity contribution in [3.8, 4) is 0 Å². The summed E-state index contributed by atoms with van der Waals surface area (Å²) in [4.78, 5) is 2.76. The zero-order chi connectivity index (χ0) is 15.0. The lowest BCUT2D eigenvalue weighted by Crippen LogP contribution is -2.45. The number of nitrogens with one attached hydrogen (secondary N) is 1. The smallest absolute Gasteiger partial charge is 0.0431 e. The molecule has 3 heteroatoms. The Kier molecular flexibility index (Phi) is 7.48. The fourth-order valence-corrected chi connectivity index (χ4v) is 4.45. The largest absolute Gasteiger partial charge is 0.396 e. The Morgan fingerprint density at radius 3 is 2.57 bits per heavy atom. The van der Waals surface area contributed by atoms with Gasteiger partial charge in [0.25, 0.3) is 0 Å². The minimum absolute atomic E-state index is 0.354. The van der Waals surface area contributed by atoms with Crippen LogP contribution in [-0.2, 0) is 0 Å². The third kappa shape index (κ3) is 5.22. The molecule has 2 rings (SSSR count). The molecule has 2 aliphatic rings. The van der Waals surface area contributed by atoms with Gasteiger partial charge in [0.1, 0.15) is 0 Å². The summed E-state index contributed by atoms with van der Waals surface area (Å²) < 4.78 is 0. The van der Waals surface area contributed by atoms with Crippen LogP contribution in [0.1, 0.15) is 71.1 Å². The number of nitrogens with zero attached hydrogens (tertiary/aromatic N) is 1. The van der Waals surface area contributed by atoms with Gasteiger partial charge >= 0.3 is 0 Å². The minimum atomic E-state index is 0.354. The molecule has 21 heavy (non-hydrogen) atoms. The normalized spacial score (nSPS) is 26.9. The Bertz CT molecular complexity index is 274. The van der Waals surface area contributed by atoms with E-state index in [1.807, 2.05) is 0 Å². The highest BCUT2D eigenvalue weighted by Crippen LogP contribution is 2.37. The zero-order valence-corrected chi connectivity index (χ0v) is 14.1. The number of aliphatic hydroxyl groups is 1. The Morgan fingerprint density at radius 1 is 1.14 bits per heavy atom. The van der Waals surface area contributed by atoms with Crippen molar-refractivity contribution in [1.29, 1.82) is 0 Å². The van der Waals surface area contributed by atoms with Crippen molar-refractivity contribution in [2.75, 3.05) is 32.8 Å². The van der Waals surface area contributed by atoms with Crippen LogP contribution in [0.5, 0.6) is 0 Å². The van der Waals surface area contributed by atoms with Crippen LogP contribution in [0, 0.1) is 5.41 Å². The number of hydrogen-bond donors (Lipinski definition) is 2. The molecule has 1 aliphatic carbocycles. The fourth-order valence-electron chi connectivity index (χ4n) is 4.45. The monoisotopic (exact) mass is 296 g/mol. The lowest BCUT2D eigenvalue weighted by molar-refractivity contribution is 0.111. The van der Waals surface area contributed by atoms with Gasteiger partial charge in [-0.2, -0.15) is 0 Å². The maximum Gasteiger partial charge on any atom is 0.0431 e. The molecule has 124 valence electrons. The lowest BCUT2D eigenvalue weighted by atomic mass is 9.79. The van der Waals surface area contributed by atoms with Gasteiger partial charge in [-0.05, 0) is 57.0 Å². The molecule has 2 fully saturated rings. The SMILES string of the molecule is CCNCC1(CN2CCCC2CCCO)CCCCCC1. The lowest BCUT2D eigenvalue weighted by Gasteiger charge is -2.39. The summed E-state index contributed by atoms with van der Waals surface area (Å²) in [6.45, 7) is 7.44. The van der Waals surface area contributed by atoms with Gasteiger partial charge in [0, 0.05) is 25.7 Å². The molecule has 0 amide bonds. The van der Waals surface area contributed by atoms with Crippen LogP contribution in [-0.4, -0.2) is 48.8 Å². The number of rotatable bonds is 8. The summed E-state index contributed by atoms with van der Waals surface area (Å²) in [6.07, 6.45) is 13.4. The van der Waals surface area contributed by atoms with Crippen LogP contribution in [0.4, 0.5) is 0 Å². The quantitative estimate of drug-likeness (QED) is 0.675. The molecule has 1 saturated carbocycles. The summed E-state index contributed by atoms with van der Waals surface area (Å²) in [5.41, 5.74) is 0.508. The average molecular weight is 296 g/mol. The second kappa shape index (κ2) is 9.12. The van der Waals surface area contributed by atoms with E-state index in [-0.39, 0.29) is 0 Å². The highest BCUT2D eigenvalue weighted by molar-refractivity contribution is 4.90. The highest BCUT2D eigenvalue weighted by atomic mass is 16.2.